The van der Waals surface area contributed by atoms with Gasteiger partial charge in [0.25, 0.3) is 0 Å². The summed E-state index contributed by atoms with van der Waals surface area (Å²) in [6, 6.07) is 9.74. The molecule has 1 aliphatic carbocycles. The second-order valence-electron chi connectivity index (χ2n) is 4.95. The van der Waals surface area contributed by atoms with Crippen molar-refractivity contribution in [2.45, 2.75) is 24.7 Å². The van der Waals surface area contributed by atoms with Crippen LogP contribution >= 0.6 is 15.9 Å². The van der Waals surface area contributed by atoms with Crippen LogP contribution in [0.3, 0.4) is 0 Å². The Morgan fingerprint density at radius 1 is 1.45 bits per heavy atom. The number of benzene rings is 1. The van der Waals surface area contributed by atoms with Gasteiger partial charge < -0.3 is 4.74 Å². The molecule has 104 valence electrons. The number of hydrogen-bond acceptors (Lipinski definition) is 4. The Balaban J connectivity index is 2.36. The molecule has 20 heavy (non-hydrogen) atoms. The van der Waals surface area contributed by atoms with Crippen molar-refractivity contribution >= 4 is 27.7 Å². The molecule has 1 saturated carbocycles. The molecular formula is C15H14BrNO3. The topological polar surface area (TPSA) is 67.2 Å². The van der Waals surface area contributed by atoms with E-state index in [-0.39, 0.29) is 18.6 Å². The highest BCUT2D eigenvalue weighted by Crippen LogP contribution is 2.41. The number of methoxy groups -OCH3 is 1. The molecule has 1 aromatic rings. The lowest BCUT2D eigenvalue weighted by molar-refractivity contribution is -0.151. The van der Waals surface area contributed by atoms with E-state index in [9.17, 15) is 14.9 Å². The largest absolute Gasteiger partial charge is 0.468 e. The Morgan fingerprint density at radius 2 is 2.10 bits per heavy atom. The van der Waals surface area contributed by atoms with Crippen LogP contribution in [0.15, 0.2) is 28.7 Å². The summed E-state index contributed by atoms with van der Waals surface area (Å²) >= 11 is 3.35. The molecular weight excluding hydrogens is 322 g/mol. The standard InChI is InChI=1S/C15H14BrNO3/c1-20-14(19)12-8-15(9-17,7-6-13(12)18)10-2-4-11(16)5-3-10/h2-5,12H,6-8H2,1H3/t12-,15-/m0/s1. The molecule has 0 spiro atoms. The summed E-state index contributed by atoms with van der Waals surface area (Å²) < 4.78 is 5.60. The van der Waals surface area contributed by atoms with Crippen LogP contribution in [0.2, 0.25) is 0 Å². The minimum absolute atomic E-state index is 0.139. The molecule has 2 atom stereocenters. The summed E-state index contributed by atoms with van der Waals surface area (Å²) in [5.41, 5.74) is 0.0394. The highest BCUT2D eigenvalue weighted by atomic mass is 79.9. The maximum atomic E-state index is 11.9. The number of nitriles is 1. The minimum atomic E-state index is -0.836. The summed E-state index contributed by atoms with van der Waals surface area (Å²) in [6.07, 6.45) is 0.859. The van der Waals surface area contributed by atoms with E-state index in [1.54, 1.807) is 0 Å². The second kappa shape index (κ2) is 5.76. The number of halogens is 1. The molecule has 4 nitrogen and oxygen atoms in total. The average molecular weight is 336 g/mol. The van der Waals surface area contributed by atoms with Crippen molar-refractivity contribution in [3.8, 4) is 6.07 Å². The molecule has 1 aliphatic rings. The van der Waals surface area contributed by atoms with E-state index in [1.165, 1.54) is 7.11 Å². The third-order valence-electron chi connectivity index (χ3n) is 3.84. The number of carbonyl (C=O) groups excluding carboxylic acids is 2. The average Bonchev–Trinajstić information content (AvgIpc) is 2.48. The monoisotopic (exact) mass is 335 g/mol. The van der Waals surface area contributed by atoms with Gasteiger partial charge in [0.15, 0.2) is 0 Å². The predicted molar refractivity (Wildman–Crippen MR) is 75.8 cm³/mol. The molecule has 0 aromatic heterocycles. The second-order valence-corrected chi connectivity index (χ2v) is 5.86. The van der Waals surface area contributed by atoms with E-state index in [0.29, 0.717) is 6.42 Å². The number of Topliss-reactive ketones (excluding diaryl/α,β-unsaturated/α-hetero) is 1. The Kier molecular flexibility index (Phi) is 4.24. The number of ketones is 1. The van der Waals surface area contributed by atoms with Gasteiger partial charge in [-0.3, -0.25) is 9.59 Å². The number of hydrogen-bond donors (Lipinski definition) is 0. The van der Waals surface area contributed by atoms with Crippen LogP contribution in [0, 0.1) is 17.2 Å². The molecule has 0 amide bonds. The van der Waals surface area contributed by atoms with Crippen LogP contribution in [-0.4, -0.2) is 18.9 Å². The number of ether oxygens (including phenoxy) is 1. The molecule has 2 rings (SSSR count). The molecule has 0 N–H and O–H groups in total. The zero-order chi connectivity index (χ0) is 14.8. The number of nitrogens with zero attached hydrogens (tertiary/aromatic N) is 1. The maximum Gasteiger partial charge on any atom is 0.316 e. The van der Waals surface area contributed by atoms with Crippen molar-refractivity contribution in [2.75, 3.05) is 7.11 Å². The van der Waals surface area contributed by atoms with Gasteiger partial charge in [0.05, 0.1) is 18.6 Å². The summed E-state index contributed by atoms with van der Waals surface area (Å²) in [4.78, 5) is 23.6. The molecule has 0 unspecified atom stereocenters. The van der Waals surface area contributed by atoms with Crippen molar-refractivity contribution in [3.05, 3.63) is 34.3 Å². The van der Waals surface area contributed by atoms with Gasteiger partial charge in [-0.2, -0.15) is 5.26 Å². The number of rotatable bonds is 2. The van der Waals surface area contributed by atoms with Gasteiger partial charge in [0, 0.05) is 10.9 Å². The first-order chi connectivity index (χ1) is 9.52. The van der Waals surface area contributed by atoms with Gasteiger partial charge in [-0.05, 0) is 30.5 Å². The minimum Gasteiger partial charge on any atom is -0.468 e. The zero-order valence-corrected chi connectivity index (χ0v) is 12.6. The van der Waals surface area contributed by atoms with E-state index < -0.39 is 17.3 Å². The zero-order valence-electron chi connectivity index (χ0n) is 11.1. The van der Waals surface area contributed by atoms with Gasteiger partial charge >= 0.3 is 5.97 Å². The molecule has 0 aliphatic heterocycles. The van der Waals surface area contributed by atoms with Crippen LogP contribution in [0.4, 0.5) is 0 Å². The van der Waals surface area contributed by atoms with Crippen LogP contribution in [-0.2, 0) is 19.7 Å². The summed E-state index contributed by atoms with van der Waals surface area (Å²) in [5, 5.41) is 9.60. The first kappa shape index (κ1) is 14.7. The van der Waals surface area contributed by atoms with Gasteiger partial charge in [-0.25, -0.2) is 0 Å². The van der Waals surface area contributed by atoms with Crippen molar-refractivity contribution in [2.24, 2.45) is 5.92 Å². The highest BCUT2D eigenvalue weighted by molar-refractivity contribution is 9.10. The lowest BCUT2D eigenvalue weighted by Crippen LogP contribution is -2.40. The molecule has 0 heterocycles. The van der Waals surface area contributed by atoms with Gasteiger partial charge in [-0.15, -0.1) is 0 Å². The van der Waals surface area contributed by atoms with Gasteiger partial charge in [0.2, 0.25) is 0 Å². The predicted octanol–water partition coefficient (Wildman–Crippen LogP) is 2.75. The fourth-order valence-corrected chi connectivity index (χ4v) is 2.89. The number of esters is 1. The van der Waals surface area contributed by atoms with Crippen molar-refractivity contribution in [1.82, 2.24) is 0 Å². The third kappa shape index (κ3) is 2.61. The van der Waals surface area contributed by atoms with Crippen LogP contribution < -0.4 is 0 Å². The lowest BCUT2D eigenvalue weighted by Gasteiger charge is -2.34. The highest BCUT2D eigenvalue weighted by Gasteiger charge is 2.45. The fraction of sp³-hybridized carbons (Fsp3) is 0.400. The Labute approximate surface area is 125 Å². The van der Waals surface area contributed by atoms with E-state index >= 15 is 0 Å². The molecule has 0 bridgehead atoms. The molecule has 5 heteroatoms. The Hall–Kier alpha value is -1.67. The van der Waals surface area contributed by atoms with Crippen molar-refractivity contribution in [3.63, 3.8) is 0 Å². The van der Waals surface area contributed by atoms with Gasteiger partial charge in [0.1, 0.15) is 11.7 Å². The lowest BCUT2D eigenvalue weighted by atomic mass is 9.66. The normalized spacial score (nSPS) is 25.9. The van der Waals surface area contributed by atoms with Crippen molar-refractivity contribution < 1.29 is 14.3 Å². The Morgan fingerprint density at radius 3 is 2.65 bits per heavy atom. The van der Waals surface area contributed by atoms with E-state index in [1.807, 2.05) is 24.3 Å². The molecule has 0 radical (unpaired) electrons. The van der Waals surface area contributed by atoms with Crippen LogP contribution in [0.5, 0.6) is 0 Å². The molecule has 1 fully saturated rings. The van der Waals surface area contributed by atoms with Crippen molar-refractivity contribution in [1.29, 1.82) is 5.26 Å². The van der Waals surface area contributed by atoms with Gasteiger partial charge in [-0.1, -0.05) is 28.1 Å². The Bertz CT molecular complexity index is 568. The molecule has 1 aromatic carbocycles. The van der Waals surface area contributed by atoms with E-state index in [2.05, 4.69) is 26.7 Å². The first-order valence-electron chi connectivity index (χ1n) is 6.30. The summed E-state index contributed by atoms with van der Waals surface area (Å²) in [7, 11) is 1.26. The van der Waals surface area contributed by atoms with Crippen LogP contribution in [0.25, 0.3) is 0 Å². The van der Waals surface area contributed by atoms with E-state index in [0.717, 1.165) is 10.0 Å². The van der Waals surface area contributed by atoms with Crippen LogP contribution in [0.1, 0.15) is 24.8 Å². The molecule has 0 saturated heterocycles. The quantitative estimate of drug-likeness (QED) is 0.615. The first-order valence-corrected chi connectivity index (χ1v) is 7.09. The van der Waals surface area contributed by atoms with E-state index in [4.69, 9.17) is 0 Å². The maximum absolute atomic E-state index is 11.9. The SMILES string of the molecule is COC(=O)[C@H]1C[C@@](C#N)(c2ccc(Br)cc2)CCC1=O. The smallest absolute Gasteiger partial charge is 0.316 e. The third-order valence-corrected chi connectivity index (χ3v) is 4.36. The number of carbonyl (C=O) groups is 2. The fourth-order valence-electron chi connectivity index (χ4n) is 2.63. The summed E-state index contributed by atoms with van der Waals surface area (Å²) in [6.45, 7) is 0. The summed E-state index contributed by atoms with van der Waals surface area (Å²) in [5.74, 6) is -1.52.